The van der Waals surface area contributed by atoms with Crippen molar-refractivity contribution in [2.75, 3.05) is 24.1 Å². The summed E-state index contributed by atoms with van der Waals surface area (Å²) in [6.07, 6.45) is 1.48. The molecule has 22 heavy (non-hydrogen) atoms. The van der Waals surface area contributed by atoms with Crippen molar-refractivity contribution in [1.29, 1.82) is 0 Å². The molecule has 0 saturated carbocycles. The van der Waals surface area contributed by atoms with Gasteiger partial charge in [0.25, 0.3) is 0 Å². The van der Waals surface area contributed by atoms with Crippen LogP contribution in [0.1, 0.15) is 5.56 Å². The summed E-state index contributed by atoms with van der Waals surface area (Å²) in [6.45, 7) is 0.317. The van der Waals surface area contributed by atoms with Crippen LogP contribution in [0.5, 0.6) is 0 Å². The highest BCUT2D eigenvalue weighted by atomic mass is 32.2. The molecule has 8 heteroatoms. The third-order valence-corrected chi connectivity index (χ3v) is 4.35. The second kappa shape index (κ2) is 6.71. The molecule has 0 spiro atoms. The van der Waals surface area contributed by atoms with Crippen LogP contribution in [-0.4, -0.2) is 31.8 Å². The molecule has 118 valence electrons. The first-order chi connectivity index (χ1) is 10.4. The molecular weight excluding hydrogens is 307 g/mol. The fourth-order valence-corrected chi connectivity index (χ4v) is 2.19. The predicted molar refractivity (Wildman–Crippen MR) is 84.2 cm³/mol. The Balaban J connectivity index is 1.99. The molecule has 1 heterocycles. The Kier molecular flexibility index (Phi) is 4.94. The van der Waals surface area contributed by atoms with E-state index in [4.69, 9.17) is 0 Å². The lowest BCUT2D eigenvalue weighted by Gasteiger charge is -2.13. The first-order valence-corrected chi connectivity index (χ1v) is 7.96. The predicted octanol–water partition coefficient (Wildman–Crippen LogP) is 2.05. The molecule has 0 bridgehead atoms. The van der Waals surface area contributed by atoms with Crippen LogP contribution in [0.25, 0.3) is 0 Å². The lowest BCUT2D eigenvalue weighted by molar-refractivity contribution is 0.526. The zero-order valence-corrected chi connectivity index (χ0v) is 13.1. The van der Waals surface area contributed by atoms with Crippen LogP contribution >= 0.6 is 0 Å². The third kappa shape index (κ3) is 4.15. The summed E-state index contributed by atoms with van der Waals surface area (Å²) in [6, 6.07) is 9.68. The Morgan fingerprint density at radius 3 is 2.50 bits per heavy atom. The highest BCUT2D eigenvalue weighted by Gasteiger charge is 2.13. The fraction of sp³-hybridized carbons (Fsp3) is 0.214. The van der Waals surface area contributed by atoms with Crippen molar-refractivity contribution in [2.45, 2.75) is 6.54 Å². The number of benzene rings is 1. The number of halogens is 1. The van der Waals surface area contributed by atoms with E-state index < -0.39 is 10.2 Å². The van der Waals surface area contributed by atoms with Gasteiger partial charge in [-0.25, -0.2) is 9.37 Å². The average Bonchev–Trinajstić information content (AvgIpc) is 2.47. The van der Waals surface area contributed by atoms with E-state index in [0.717, 1.165) is 4.31 Å². The van der Waals surface area contributed by atoms with Gasteiger partial charge >= 0.3 is 10.2 Å². The summed E-state index contributed by atoms with van der Waals surface area (Å²) in [5.74, 6) is -0.0662. The van der Waals surface area contributed by atoms with Gasteiger partial charge in [0.05, 0.1) is 11.9 Å². The van der Waals surface area contributed by atoms with Crippen LogP contribution in [0.4, 0.5) is 15.9 Å². The van der Waals surface area contributed by atoms with Crippen molar-refractivity contribution in [3.63, 3.8) is 0 Å². The summed E-state index contributed by atoms with van der Waals surface area (Å²) in [5, 5.41) is 3.02. The van der Waals surface area contributed by atoms with Gasteiger partial charge in [0.15, 0.2) is 0 Å². The van der Waals surface area contributed by atoms with E-state index in [2.05, 4.69) is 15.0 Å². The van der Waals surface area contributed by atoms with Gasteiger partial charge in [-0.1, -0.05) is 18.2 Å². The minimum Gasteiger partial charge on any atom is -0.380 e. The topological polar surface area (TPSA) is 74.3 Å². The summed E-state index contributed by atoms with van der Waals surface area (Å²) >= 11 is 0. The maximum Gasteiger partial charge on any atom is 0.302 e. The van der Waals surface area contributed by atoms with Gasteiger partial charge in [-0.2, -0.15) is 12.7 Å². The number of rotatable bonds is 6. The SMILES string of the molecule is CN(C)S(=O)(=O)Nc1ccc(NCc2ccccc2F)cn1. The van der Waals surface area contributed by atoms with Crippen molar-refractivity contribution in [1.82, 2.24) is 9.29 Å². The molecule has 6 nitrogen and oxygen atoms in total. The molecular formula is C14H17FN4O2S. The molecule has 0 saturated heterocycles. The van der Waals surface area contributed by atoms with Gasteiger partial charge in [-0.15, -0.1) is 0 Å². The number of nitrogens with one attached hydrogen (secondary N) is 2. The Bertz CT molecular complexity index is 733. The van der Waals surface area contributed by atoms with Crippen LogP contribution in [-0.2, 0) is 16.8 Å². The van der Waals surface area contributed by atoms with E-state index in [1.54, 1.807) is 24.3 Å². The van der Waals surface area contributed by atoms with E-state index in [1.165, 1.54) is 32.4 Å². The molecule has 0 atom stereocenters. The van der Waals surface area contributed by atoms with Crippen molar-refractivity contribution >= 4 is 21.7 Å². The van der Waals surface area contributed by atoms with Crippen LogP contribution in [0.2, 0.25) is 0 Å². The molecule has 1 aromatic carbocycles. The Morgan fingerprint density at radius 2 is 1.91 bits per heavy atom. The smallest absolute Gasteiger partial charge is 0.302 e. The van der Waals surface area contributed by atoms with Gasteiger partial charge in [0.2, 0.25) is 0 Å². The first-order valence-electron chi connectivity index (χ1n) is 6.52. The van der Waals surface area contributed by atoms with Crippen molar-refractivity contribution < 1.29 is 12.8 Å². The number of nitrogens with zero attached hydrogens (tertiary/aromatic N) is 2. The van der Waals surface area contributed by atoms with Gasteiger partial charge in [-0.05, 0) is 18.2 Å². The Labute approximate surface area is 129 Å². The van der Waals surface area contributed by atoms with Gasteiger partial charge in [0.1, 0.15) is 11.6 Å². The number of aromatic nitrogens is 1. The Hall–Kier alpha value is -2.19. The molecule has 0 amide bonds. The van der Waals surface area contributed by atoms with E-state index >= 15 is 0 Å². The zero-order chi connectivity index (χ0) is 16.2. The second-order valence-electron chi connectivity index (χ2n) is 4.77. The normalized spacial score (nSPS) is 11.5. The highest BCUT2D eigenvalue weighted by Crippen LogP contribution is 2.14. The maximum atomic E-state index is 13.5. The summed E-state index contributed by atoms with van der Waals surface area (Å²) in [4.78, 5) is 4.01. The molecule has 1 aromatic heterocycles. The van der Waals surface area contributed by atoms with E-state index in [9.17, 15) is 12.8 Å². The molecule has 0 unspecified atom stereocenters. The fourth-order valence-electron chi connectivity index (χ4n) is 1.62. The minimum absolute atomic E-state index is 0.213. The monoisotopic (exact) mass is 324 g/mol. The van der Waals surface area contributed by atoms with E-state index in [1.807, 2.05) is 0 Å². The second-order valence-corrected chi connectivity index (χ2v) is 6.65. The van der Waals surface area contributed by atoms with Crippen molar-refractivity contribution in [3.05, 3.63) is 54.0 Å². The van der Waals surface area contributed by atoms with E-state index in [-0.39, 0.29) is 11.6 Å². The summed E-state index contributed by atoms with van der Waals surface area (Å²) in [5.41, 5.74) is 1.20. The lowest BCUT2D eigenvalue weighted by Crippen LogP contribution is -2.29. The van der Waals surface area contributed by atoms with Gasteiger partial charge < -0.3 is 5.32 Å². The number of hydrogen-bond donors (Lipinski definition) is 2. The standard InChI is InChI=1S/C14H17FN4O2S/c1-19(2)22(20,21)18-14-8-7-12(10-17-14)16-9-11-5-3-4-6-13(11)15/h3-8,10,16H,9H2,1-2H3,(H,17,18). The lowest BCUT2D eigenvalue weighted by atomic mass is 10.2. The summed E-state index contributed by atoms with van der Waals surface area (Å²) < 4.78 is 40.2. The van der Waals surface area contributed by atoms with Crippen molar-refractivity contribution in [3.8, 4) is 0 Å². The van der Waals surface area contributed by atoms with Gasteiger partial charge in [-0.3, -0.25) is 4.72 Å². The van der Waals surface area contributed by atoms with Crippen LogP contribution in [0, 0.1) is 5.82 Å². The molecule has 2 N–H and O–H groups in total. The largest absolute Gasteiger partial charge is 0.380 e. The molecule has 0 radical (unpaired) electrons. The van der Waals surface area contributed by atoms with Crippen LogP contribution in [0.3, 0.4) is 0 Å². The van der Waals surface area contributed by atoms with E-state index in [0.29, 0.717) is 17.8 Å². The van der Waals surface area contributed by atoms with Crippen LogP contribution < -0.4 is 10.0 Å². The van der Waals surface area contributed by atoms with Gasteiger partial charge in [0, 0.05) is 26.2 Å². The first kappa shape index (κ1) is 16.2. The zero-order valence-electron chi connectivity index (χ0n) is 12.2. The maximum absolute atomic E-state index is 13.5. The van der Waals surface area contributed by atoms with Crippen molar-refractivity contribution in [2.24, 2.45) is 0 Å². The molecule has 2 rings (SSSR count). The molecule has 0 aliphatic carbocycles. The number of pyridine rings is 1. The molecule has 2 aromatic rings. The molecule has 0 aliphatic heterocycles. The number of hydrogen-bond acceptors (Lipinski definition) is 4. The highest BCUT2D eigenvalue weighted by molar-refractivity contribution is 7.90. The summed E-state index contributed by atoms with van der Waals surface area (Å²) in [7, 11) is -0.728. The minimum atomic E-state index is -3.57. The quantitative estimate of drug-likeness (QED) is 0.853. The third-order valence-electron chi connectivity index (χ3n) is 2.92. The number of anilines is 2. The van der Waals surface area contributed by atoms with Crippen LogP contribution in [0.15, 0.2) is 42.6 Å². The molecule has 0 fully saturated rings. The average molecular weight is 324 g/mol. The molecule has 0 aliphatic rings. The Morgan fingerprint density at radius 1 is 1.18 bits per heavy atom.